The summed E-state index contributed by atoms with van der Waals surface area (Å²) in [5, 5.41) is 0. The van der Waals surface area contributed by atoms with Crippen molar-refractivity contribution in [1.29, 1.82) is 0 Å². The van der Waals surface area contributed by atoms with Gasteiger partial charge in [0.2, 0.25) is 0 Å². The van der Waals surface area contributed by atoms with Crippen LogP contribution in [0.1, 0.15) is 20.7 Å². The first kappa shape index (κ1) is 18.1. The molecule has 0 bridgehead atoms. The number of rotatable bonds is 2. The van der Waals surface area contributed by atoms with Crippen LogP contribution in [0.5, 0.6) is 0 Å². The van der Waals surface area contributed by atoms with Crippen molar-refractivity contribution in [3.05, 3.63) is 55.7 Å². The number of hydrogen-bond acceptors (Lipinski definition) is 3. The first-order chi connectivity index (χ1) is 11.9. The van der Waals surface area contributed by atoms with Gasteiger partial charge in [-0.2, -0.15) is 0 Å². The summed E-state index contributed by atoms with van der Waals surface area (Å²) in [5.74, 6) is -2.71. The van der Waals surface area contributed by atoms with Gasteiger partial charge < -0.3 is 9.80 Å². The SMILES string of the molecule is O=C(c1ccc(F)c(F)c1)N1CCN(C(=O)c2cc(Cl)sc2Cl)CC1. The number of halogens is 4. The summed E-state index contributed by atoms with van der Waals surface area (Å²) in [6.07, 6.45) is 0. The van der Waals surface area contributed by atoms with Crippen molar-refractivity contribution in [2.45, 2.75) is 0 Å². The van der Waals surface area contributed by atoms with Crippen molar-refractivity contribution < 1.29 is 18.4 Å². The van der Waals surface area contributed by atoms with E-state index in [1.54, 1.807) is 4.90 Å². The summed E-state index contributed by atoms with van der Waals surface area (Å²) in [5.41, 5.74) is 0.420. The molecular formula is C16H12Cl2F2N2O2S. The quantitative estimate of drug-likeness (QED) is 0.760. The molecule has 4 nitrogen and oxygen atoms in total. The molecule has 25 heavy (non-hydrogen) atoms. The van der Waals surface area contributed by atoms with Crippen molar-refractivity contribution >= 4 is 46.4 Å². The zero-order valence-corrected chi connectivity index (χ0v) is 15.1. The Balaban J connectivity index is 1.65. The summed E-state index contributed by atoms with van der Waals surface area (Å²) >= 11 is 13.0. The molecule has 132 valence electrons. The van der Waals surface area contributed by atoms with Gasteiger partial charge in [-0.15, -0.1) is 11.3 Å². The van der Waals surface area contributed by atoms with Crippen LogP contribution in [0.3, 0.4) is 0 Å². The Morgan fingerprint density at radius 1 is 0.920 bits per heavy atom. The molecule has 0 N–H and O–H groups in total. The second kappa shape index (κ2) is 7.27. The van der Waals surface area contributed by atoms with Gasteiger partial charge in [-0.05, 0) is 24.3 Å². The van der Waals surface area contributed by atoms with E-state index >= 15 is 0 Å². The molecule has 0 aliphatic carbocycles. The Bertz CT molecular complexity index is 836. The van der Waals surface area contributed by atoms with E-state index in [0.717, 1.165) is 23.5 Å². The van der Waals surface area contributed by atoms with Crippen molar-refractivity contribution in [3.8, 4) is 0 Å². The largest absolute Gasteiger partial charge is 0.335 e. The zero-order chi connectivity index (χ0) is 18.1. The van der Waals surface area contributed by atoms with Gasteiger partial charge in [0.1, 0.15) is 4.34 Å². The Hall–Kier alpha value is -1.70. The third-order valence-corrected chi connectivity index (χ3v) is 5.40. The van der Waals surface area contributed by atoms with Crippen LogP contribution in [0.2, 0.25) is 8.67 Å². The van der Waals surface area contributed by atoms with Crippen LogP contribution in [0, 0.1) is 11.6 Å². The predicted molar refractivity (Wildman–Crippen MR) is 92.5 cm³/mol. The smallest absolute Gasteiger partial charge is 0.256 e. The fourth-order valence-corrected chi connectivity index (χ4v) is 4.03. The fourth-order valence-electron chi connectivity index (χ4n) is 2.58. The van der Waals surface area contributed by atoms with Gasteiger partial charge in [-0.1, -0.05) is 23.2 Å². The Morgan fingerprint density at radius 2 is 1.52 bits per heavy atom. The molecule has 9 heteroatoms. The van der Waals surface area contributed by atoms with Gasteiger partial charge in [0.05, 0.1) is 9.90 Å². The van der Waals surface area contributed by atoms with Crippen molar-refractivity contribution in [2.75, 3.05) is 26.2 Å². The average Bonchev–Trinajstić information content (AvgIpc) is 2.94. The van der Waals surface area contributed by atoms with E-state index < -0.39 is 17.5 Å². The van der Waals surface area contributed by atoms with Crippen LogP contribution < -0.4 is 0 Å². The lowest BCUT2D eigenvalue weighted by Crippen LogP contribution is -2.50. The minimum Gasteiger partial charge on any atom is -0.335 e. The van der Waals surface area contributed by atoms with E-state index in [4.69, 9.17) is 23.2 Å². The summed E-state index contributed by atoms with van der Waals surface area (Å²) in [6, 6.07) is 4.56. The van der Waals surface area contributed by atoms with Gasteiger partial charge in [-0.25, -0.2) is 8.78 Å². The van der Waals surface area contributed by atoms with Crippen molar-refractivity contribution in [1.82, 2.24) is 9.80 Å². The molecule has 0 unspecified atom stereocenters. The molecule has 0 atom stereocenters. The van der Waals surface area contributed by atoms with E-state index in [0.29, 0.717) is 40.4 Å². The zero-order valence-electron chi connectivity index (χ0n) is 12.8. The van der Waals surface area contributed by atoms with E-state index in [2.05, 4.69) is 0 Å². The number of nitrogens with zero attached hydrogens (tertiary/aromatic N) is 2. The fraction of sp³-hybridized carbons (Fsp3) is 0.250. The van der Waals surface area contributed by atoms with E-state index in [1.807, 2.05) is 0 Å². The number of thiophene rings is 1. The van der Waals surface area contributed by atoms with Gasteiger partial charge in [0.25, 0.3) is 11.8 Å². The molecular weight excluding hydrogens is 393 g/mol. The molecule has 0 spiro atoms. The number of piperazine rings is 1. The maximum atomic E-state index is 13.3. The number of carbonyl (C=O) groups excluding carboxylic acids is 2. The molecule has 2 amide bonds. The molecule has 0 radical (unpaired) electrons. The standard InChI is InChI=1S/C16H12Cl2F2N2O2S/c17-13-8-10(14(18)25-13)16(24)22-5-3-21(4-6-22)15(23)9-1-2-11(19)12(20)7-9/h1-2,7-8H,3-6H2. The summed E-state index contributed by atoms with van der Waals surface area (Å²) in [6.45, 7) is 1.22. The lowest BCUT2D eigenvalue weighted by Gasteiger charge is -2.34. The van der Waals surface area contributed by atoms with Crippen LogP contribution in [0.15, 0.2) is 24.3 Å². The molecule has 1 aromatic carbocycles. The summed E-state index contributed by atoms with van der Waals surface area (Å²) < 4.78 is 27.0. The Morgan fingerprint density at radius 3 is 2.04 bits per heavy atom. The van der Waals surface area contributed by atoms with E-state index in [-0.39, 0.29) is 11.5 Å². The van der Waals surface area contributed by atoms with Gasteiger partial charge >= 0.3 is 0 Å². The Kier molecular flexibility index (Phi) is 5.27. The van der Waals surface area contributed by atoms with E-state index in [1.165, 1.54) is 17.0 Å². The summed E-state index contributed by atoms with van der Waals surface area (Å²) in [7, 11) is 0. The van der Waals surface area contributed by atoms with Crippen LogP contribution in [0.25, 0.3) is 0 Å². The molecule has 1 saturated heterocycles. The first-order valence-corrected chi connectivity index (χ1v) is 8.92. The molecule has 1 fully saturated rings. The van der Waals surface area contributed by atoms with Gasteiger partial charge in [0, 0.05) is 31.7 Å². The minimum absolute atomic E-state index is 0.0753. The highest BCUT2D eigenvalue weighted by molar-refractivity contribution is 7.20. The van der Waals surface area contributed by atoms with Gasteiger partial charge in [0.15, 0.2) is 11.6 Å². The molecule has 1 aromatic heterocycles. The highest BCUT2D eigenvalue weighted by Gasteiger charge is 2.27. The third kappa shape index (κ3) is 3.78. The second-order valence-electron chi connectivity index (χ2n) is 5.45. The summed E-state index contributed by atoms with van der Waals surface area (Å²) in [4.78, 5) is 27.9. The van der Waals surface area contributed by atoms with Crippen LogP contribution in [0.4, 0.5) is 8.78 Å². The van der Waals surface area contributed by atoms with Crippen molar-refractivity contribution in [3.63, 3.8) is 0 Å². The first-order valence-electron chi connectivity index (χ1n) is 7.35. The maximum absolute atomic E-state index is 13.3. The number of benzene rings is 1. The number of amides is 2. The third-order valence-electron chi connectivity index (χ3n) is 3.91. The average molecular weight is 405 g/mol. The minimum atomic E-state index is -1.07. The number of carbonyl (C=O) groups is 2. The maximum Gasteiger partial charge on any atom is 0.256 e. The molecule has 2 aromatic rings. The van der Waals surface area contributed by atoms with Gasteiger partial charge in [-0.3, -0.25) is 9.59 Å². The normalized spacial score (nSPS) is 14.7. The van der Waals surface area contributed by atoms with Crippen molar-refractivity contribution in [2.24, 2.45) is 0 Å². The topological polar surface area (TPSA) is 40.6 Å². The highest BCUT2D eigenvalue weighted by Crippen LogP contribution is 2.32. The lowest BCUT2D eigenvalue weighted by molar-refractivity contribution is 0.0535. The highest BCUT2D eigenvalue weighted by atomic mass is 35.5. The van der Waals surface area contributed by atoms with Crippen LogP contribution in [-0.2, 0) is 0 Å². The predicted octanol–water partition coefficient (Wildman–Crippen LogP) is 3.93. The second-order valence-corrected chi connectivity index (χ2v) is 7.74. The Labute approximate surface area is 156 Å². The molecule has 0 saturated carbocycles. The van der Waals surface area contributed by atoms with Crippen LogP contribution >= 0.6 is 34.5 Å². The van der Waals surface area contributed by atoms with Crippen LogP contribution in [-0.4, -0.2) is 47.8 Å². The van der Waals surface area contributed by atoms with E-state index in [9.17, 15) is 18.4 Å². The molecule has 2 heterocycles. The number of hydrogen-bond donors (Lipinski definition) is 0. The molecule has 1 aliphatic rings. The lowest BCUT2D eigenvalue weighted by atomic mass is 10.1. The molecule has 3 rings (SSSR count). The monoisotopic (exact) mass is 404 g/mol. The molecule has 1 aliphatic heterocycles.